The van der Waals surface area contributed by atoms with Gasteiger partial charge >= 0.3 is 5.69 Å². The van der Waals surface area contributed by atoms with Crippen LogP contribution < -0.4 is 31.4 Å². The zero-order valence-corrected chi connectivity index (χ0v) is 20.5. The van der Waals surface area contributed by atoms with Gasteiger partial charge in [-0.3, -0.25) is 24.0 Å². The topological polar surface area (TPSA) is 123 Å². The van der Waals surface area contributed by atoms with Crippen molar-refractivity contribution in [1.82, 2.24) is 14.5 Å². The zero-order chi connectivity index (χ0) is 24.9. The first-order chi connectivity index (χ1) is 16.9. The molecule has 1 atom stereocenters. The molecule has 1 unspecified atom stereocenters. The standard InChI is InChI=1S/C25H35N5O5/c1-3-5-12-29(22-23(26)30(10-4-2)25(33)27-24(22)32)21(31)16-28-11-6-7-18(28)17-8-9-19-20(15-17)35-14-13-34-19/h8-9,15,18H,3-7,10-14,16,26H2,1-2H3,(H,27,32,33). The fourth-order valence-corrected chi connectivity index (χ4v) is 4.88. The number of ether oxygens (including phenoxy) is 2. The quantitative estimate of drug-likeness (QED) is 0.559. The van der Waals surface area contributed by atoms with E-state index in [-0.39, 0.29) is 30.0 Å². The molecule has 2 aromatic rings. The summed E-state index contributed by atoms with van der Waals surface area (Å²) in [5.41, 5.74) is 6.23. The van der Waals surface area contributed by atoms with Gasteiger partial charge in [0.25, 0.3) is 5.56 Å². The number of hydrogen-bond donors (Lipinski definition) is 2. The molecule has 0 bridgehead atoms. The van der Waals surface area contributed by atoms with E-state index in [9.17, 15) is 14.4 Å². The van der Waals surface area contributed by atoms with Crippen molar-refractivity contribution < 1.29 is 14.3 Å². The second-order valence-corrected chi connectivity index (χ2v) is 9.08. The lowest BCUT2D eigenvalue weighted by Crippen LogP contribution is -2.45. The number of carbonyl (C=O) groups excluding carboxylic acids is 1. The molecule has 3 heterocycles. The molecular formula is C25H35N5O5. The van der Waals surface area contributed by atoms with Crippen LogP contribution in [0.1, 0.15) is 57.6 Å². The van der Waals surface area contributed by atoms with Gasteiger partial charge in [-0.1, -0.05) is 26.3 Å². The summed E-state index contributed by atoms with van der Waals surface area (Å²) in [5, 5.41) is 0. The number of fused-ring (bicyclic) bond motifs is 1. The molecule has 1 fully saturated rings. The first kappa shape index (κ1) is 24.8. The molecule has 35 heavy (non-hydrogen) atoms. The van der Waals surface area contributed by atoms with Gasteiger partial charge in [0.05, 0.1) is 6.54 Å². The highest BCUT2D eigenvalue weighted by molar-refractivity contribution is 5.96. The van der Waals surface area contributed by atoms with Gasteiger partial charge < -0.3 is 20.1 Å². The monoisotopic (exact) mass is 485 g/mol. The van der Waals surface area contributed by atoms with Crippen LogP contribution in [0.2, 0.25) is 0 Å². The van der Waals surface area contributed by atoms with Crippen molar-refractivity contribution in [2.45, 2.75) is 58.5 Å². The molecule has 10 heteroatoms. The van der Waals surface area contributed by atoms with Gasteiger partial charge in [-0.05, 0) is 49.9 Å². The Labute approximate surface area is 204 Å². The van der Waals surface area contributed by atoms with Gasteiger partial charge in [-0.25, -0.2) is 4.79 Å². The summed E-state index contributed by atoms with van der Waals surface area (Å²) < 4.78 is 12.7. The Morgan fingerprint density at radius 1 is 1.17 bits per heavy atom. The van der Waals surface area contributed by atoms with E-state index in [1.807, 2.05) is 32.0 Å². The minimum atomic E-state index is -0.630. The fourth-order valence-electron chi connectivity index (χ4n) is 4.88. The Morgan fingerprint density at radius 2 is 1.94 bits per heavy atom. The van der Waals surface area contributed by atoms with Crippen molar-refractivity contribution >= 4 is 17.4 Å². The van der Waals surface area contributed by atoms with Crippen molar-refractivity contribution in [1.29, 1.82) is 0 Å². The number of nitrogens with one attached hydrogen (secondary N) is 1. The number of nitrogen functional groups attached to an aromatic ring is 1. The number of carbonyl (C=O) groups is 1. The van der Waals surface area contributed by atoms with Crippen LogP contribution >= 0.6 is 0 Å². The number of hydrogen-bond acceptors (Lipinski definition) is 7. The van der Waals surface area contributed by atoms with Crippen molar-refractivity contribution in [3.63, 3.8) is 0 Å². The van der Waals surface area contributed by atoms with E-state index in [0.29, 0.717) is 39.1 Å². The van der Waals surface area contributed by atoms with Crippen LogP contribution in [-0.2, 0) is 11.3 Å². The lowest BCUT2D eigenvalue weighted by atomic mass is 10.0. The highest BCUT2D eigenvalue weighted by Crippen LogP contribution is 2.38. The molecule has 10 nitrogen and oxygen atoms in total. The van der Waals surface area contributed by atoms with Crippen LogP contribution in [0.5, 0.6) is 11.5 Å². The van der Waals surface area contributed by atoms with Crippen molar-refractivity contribution in [3.05, 3.63) is 44.6 Å². The number of likely N-dealkylation sites (tertiary alicyclic amines) is 1. The summed E-state index contributed by atoms with van der Waals surface area (Å²) in [5.74, 6) is 1.30. The molecular weight excluding hydrogens is 450 g/mol. The Bertz CT molecular complexity index is 1170. The molecule has 1 saturated heterocycles. The van der Waals surface area contributed by atoms with Gasteiger partial charge in [0, 0.05) is 19.1 Å². The third-order valence-corrected chi connectivity index (χ3v) is 6.62. The molecule has 190 valence electrons. The number of anilines is 2. The zero-order valence-electron chi connectivity index (χ0n) is 20.5. The minimum absolute atomic E-state index is 0.0369. The van der Waals surface area contributed by atoms with E-state index >= 15 is 0 Å². The predicted octanol–water partition coefficient (Wildman–Crippen LogP) is 2.27. The lowest BCUT2D eigenvalue weighted by Gasteiger charge is -2.30. The molecule has 1 aromatic heterocycles. The summed E-state index contributed by atoms with van der Waals surface area (Å²) >= 11 is 0. The number of rotatable bonds is 9. The first-order valence-corrected chi connectivity index (χ1v) is 12.5. The van der Waals surface area contributed by atoms with Gasteiger partial charge in [0.15, 0.2) is 17.2 Å². The van der Waals surface area contributed by atoms with E-state index in [0.717, 1.165) is 42.9 Å². The minimum Gasteiger partial charge on any atom is -0.486 e. The number of benzene rings is 1. The fraction of sp³-hybridized carbons (Fsp3) is 0.560. The SMILES string of the molecule is CCCCN(C(=O)CN1CCCC1c1ccc2c(c1)OCCO2)c1c(N)n(CCC)c(=O)[nH]c1=O. The third kappa shape index (κ3) is 5.22. The summed E-state index contributed by atoms with van der Waals surface area (Å²) in [4.78, 5) is 44.6. The lowest BCUT2D eigenvalue weighted by molar-refractivity contribution is -0.120. The molecule has 2 aliphatic rings. The number of unbranched alkanes of at least 4 members (excludes halogenated alkanes) is 1. The largest absolute Gasteiger partial charge is 0.486 e. The normalized spacial score (nSPS) is 17.5. The van der Waals surface area contributed by atoms with Crippen LogP contribution in [0.4, 0.5) is 11.5 Å². The van der Waals surface area contributed by atoms with Crippen LogP contribution in [0.3, 0.4) is 0 Å². The molecule has 4 rings (SSSR count). The average molecular weight is 486 g/mol. The number of amides is 1. The third-order valence-electron chi connectivity index (χ3n) is 6.62. The van der Waals surface area contributed by atoms with Crippen LogP contribution in [0.15, 0.2) is 27.8 Å². The van der Waals surface area contributed by atoms with E-state index < -0.39 is 11.2 Å². The van der Waals surface area contributed by atoms with Crippen LogP contribution in [-0.4, -0.2) is 53.2 Å². The van der Waals surface area contributed by atoms with Crippen molar-refractivity contribution in [2.24, 2.45) is 0 Å². The first-order valence-electron chi connectivity index (χ1n) is 12.5. The molecule has 1 aromatic carbocycles. The Kier molecular flexibility index (Phi) is 7.80. The molecule has 0 radical (unpaired) electrons. The smallest absolute Gasteiger partial charge is 0.330 e. The molecule has 1 amide bonds. The Balaban J connectivity index is 1.60. The van der Waals surface area contributed by atoms with Crippen LogP contribution in [0, 0.1) is 0 Å². The maximum absolute atomic E-state index is 13.6. The maximum atomic E-state index is 13.6. The Hall–Kier alpha value is -3.27. The van der Waals surface area contributed by atoms with E-state index in [2.05, 4.69) is 9.88 Å². The second kappa shape index (κ2) is 11.0. The van der Waals surface area contributed by atoms with Gasteiger partial charge in [-0.15, -0.1) is 0 Å². The molecule has 0 aliphatic carbocycles. The van der Waals surface area contributed by atoms with E-state index in [1.165, 1.54) is 9.47 Å². The number of aromatic amines is 1. The highest BCUT2D eigenvalue weighted by Gasteiger charge is 2.32. The number of H-pyrrole nitrogens is 1. The number of aromatic nitrogens is 2. The van der Waals surface area contributed by atoms with Crippen molar-refractivity contribution in [3.8, 4) is 11.5 Å². The highest BCUT2D eigenvalue weighted by atomic mass is 16.6. The van der Waals surface area contributed by atoms with Crippen LogP contribution in [0.25, 0.3) is 0 Å². The number of nitrogens with two attached hydrogens (primary N) is 1. The summed E-state index contributed by atoms with van der Waals surface area (Å²) in [7, 11) is 0. The second-order valence-electron chi connectivity index (χ2n) is 9.08. The summed E-state index contributed by atoms with van der Waals surface area (Å²) in [6, 6.07) is 6.01. The summed E-state index contributed by atoms with van der Waals surface area (Å²) in [6.07, 6.45) is 4.11. The molecule has 0 spiro atoms. The molecule has 0 saturated carbocycles. The van der Waals surface area contributed by atoms with Gasteiger partial charge in [0.2, 0.25) is 5.91 Å². The van der Waals surface area contributed by atoms with E-state index in [4.69, 9.17) is 15.2 Å². The van der Waals surface area contributed by atoms with E-state index in [1.54, 1.807) is 0 Å². The predicted molar refractivity (Wildman–Crippen MR) is 134 cm³/mol. The van der Waals surface area contributed by atoms with Gasteiger partial charge in [-0.2, -0.15) is 0 Å². The maximum Gasteiger partial charge on any atom is 0.330 e. The average Bonchev–Trinajstić information content (AvgIpc) is 3.31. The van der Waals surface area contributed by atoms with Gasteiger partial charge in [0.1, 0.15) is 19.0 Å². The Morgan fingerprint density at radius 3 is 2.69 bits per heavy atom. The van der Waals surface area contributed by atoms with Crippen molar-refractivity contribution in [2.75, 3.05) is 43.5 Å². The number of nitrogens with zero attached hydrogens (tertiary/aromatic N) is 3. The molecule has 2 aliphatic heterocycles. The summed E-state index contributed by atoms with van der Waals surface area (Å²) in [6.45, 7) is 6.64. The molecule has 3 N–H and O–H groups in total.